The number of halogens is 2. The standard InChI is InChI=1S/C18H19Cl2N3O4/c1-3-7-27-18-16(23(24)25)8-12(9-17(18)26-4-2)11-21-22-13-5-6-14(19)15(20)10-13/h5-6,8-11,22H,3-4,7H2,1-2H3. The Morgan fingerprint density at radius 1 is 1.19 bits per heavy atom. The number of ether oxygens (including phenoxy) is 2. The number of hydrogen-bond acceptors (Lipinski definition) is 6. The minimum Gasteiger partial charge on any atom is -0.490 e. The third kappa shape index (κ3) is 5.74. The van der Waals surface area contributed by atoms with Crippen LogP contribution in [0.1, 0.15) is 25.8 Å². The van der Waals surface area contributed by atoms with Crippen LogP contribution in [0.5, 0.6) is 11.5 Å². The van der Waals surface area contributed by atoms with E-state index in [9.17, 15) is 10.1 Å². The van der Waals surface area contributed by atoms with Crippen LogP contribution in [0.15, 0.2) is 35.4 Å². The third-order valence-electron chi connectivity index (χ3n) is 3.33. The van der Waals surface area contributed by atoms with Crippen molar-refractivity contribution in [2.45, 2.75) is 20.3 Å². The van der Waals surface area contributed by atoms with E-state index in [4.69, 9.17) is 32.7 Å². The maximum atomic E-state index is 11.4. The number of anilines is 1. The summed E-state index contributed by atoms with van der Waals surface area (Å²) in [6.45, 7) is 4.42. The number of hydrogen-bond donors (Lipinski definition) is 1. The van der Waals surface area contributed by atoms with Crippen molar-refractivity contribution < 1.29 is 14.4 Å². The normalized spacial score (nSPS) is 10.8. The molecule has 0 aliphatic rings. The SMILES string of the molecule is CCCOc1c(OCC)cc(C=NNc2ccc(Cl)c(Cl)c2)cc1[N+](=O)[O-]. The van der Waals surface area contributed by atoms with Crippen LogP contribution in [-0.2, 0) is 0 Å². The van der Waals surface area contributed by atoms with Gasteiger partial charge in [0.2, 0.25) is 5.75 Å². The summed E-state index contributed by atoms with van der Waals surface area (Å²) in [7, 11) is 0. The quantitative estimate of drug-likeness (QED) is 0.332. The Bertz CT molecular complexity index is 844. The van der Waals surface area contributed by atoms with Gasteiger partial charge in [0.25, 0.3) is 0 Å². The smallest absolute Gasteiger partial charge is 0.315 e. The van der Waals surface area contributed by atoms with Gasteiger partial charge in [-0.2, -0.15) is 5.10 Å². The fourth-order valence-corrected chi connectivity index (χ4v) is 2.48. The number of benzene rings is 2. The van der Waals surface area contributed by atoms with Crippen LogP contribution in [-0.4, -0.2) is 24.4 Å². The molecule has 0 aliphatic carbocycles. The van der Waals surface area contributed by atoms with E-state index in [1.807, 2.05) is 6.92 Å². The van der Waals surface area contributed by atoms with Crippen molar-refractivity contribution in [1.82, 2.24) is 0 Å². The molecule has 9 heteroatoms. The van der Waals surface area contributed by atoms with Gasteiger partial charge in [0, 0.05) is 11.6 Å². The van der Waals surface area contributed by atoms with Gasteiger partial charge in [0.05, 0.1) is 40.1 Å². The van der Waals surface area contributed by atoms with Crippen LogP contribution in [0.2, 0.25) is 10.0 Å². The van der Waals surface area contributed by atoms with Gasteiger partial charge in [-0.15, -0.1) is 0 Å². The van der Waals surface area contributed by atoms with Crippen molar-refractivity contribution in [3.8, 4) is 11.5 Å². The molecule has 0 atom stereocenters. The van der Waals surface area contributed by atoms with Crippen LogP contribution in [0.3, 0.4) is 0 Å². The molecule has 0 aromatic heterocycles. The number of nitro groups is 1. The van der Waals surface area contributed by atoms with Gasteiger partial charge >= 0.3 is 5.69 Å². The number of rotatable bonds is 9. The summed E-state index contributed by atoms with van der Waals surface area (Å²) in [5.74, 6) is 0.425. The van der Waals surface area contributed by atoms with Gasteiger partial charge < -0.3 is 9.47 Å². The average Bonchev–Trinajstić information content (AvgIpc) is 2.63. The van der Waals surface area contributed by atoms with Gasteiger partial charge in [0.15, 0.2) is 5.75 Å². The van der Waals surface area contributed by atoms with E-state index >= 15 is 0 Å². The topological polar surface area (TPSA) is 86.0 Å². The molecule has 0 bridgehead atoms. The van der Waals surface area contributed by atoms with E-state index in [1.54, 1.807) is 31.2 Å². The first kappa shape index (κ1) is 20.8. The lowest BCUT2D eigenvalue weighted by Crippen LogP contribution is -2.04. The molecule has 0 radical (unpaired) electrons. The molecule has 7 nitrogen and oxygen atoms in total. The maximum absolute atomic E-state index is 11.4. The Hall–Kier alpha value is -2.51. The monoisotopic (exact) mass is 411 g/mol. The lowest BCUT2D eigenvalue weighted by Gasteiger charge is -2.12. The number of nitrogens with zero attached hydrogens (tertiary/aromatic N) is 2. The largest absolute Gasteiger partial charge is 0.490 e. The minimum atomic E-state index is -0.503. The van der Waals surface area contributed by atoms with E-state index in [2.05, 4.69) is 10.5 Å². The molecule has 1 N–H and O–H groups in total. The van der Waals surface area contributed by atoms with Crippen LogP contribution in [0.25, 0.3) is 0 Å². The third-order valence-corrected chi connectivity index (χ3v) is 4.07. The Balaban J connectivity index is 2.29. The van der Waals surface area contributed by atoms with Crippen LogP contribution < -0.4 is 14.9 Å². The molecule has 144 valence electrons. The number of nitrogens with one attached hydrogen (secondary N) is 1. The summed E-state index contributed by atoms with van der Waals surface area (Å²) in [4.78, 5) is 10.9. The highest BCUT2D eigenvalue weighted by atomic mass is 35.5. The molecule has 2 aromatic rings. The summed E-state index contributed by atoms with van der Waals surface area (Å²) in [5, 5.41) is 16.3. The second kappa shape index (κ2) is 9.99. The summed E-state index contributed by atoms with van der Waals surface area (Å²) >= 11 is 11.8. The molecule has 0 heterocycles. The summed E-state index contributed by atoms with van der Waals surface area (Å²) in [6.07, 6.45) is 2.17. The first-order valence-electron chi connectivity index (χ1n) is 8.28. The van der Waals surface area contributed by atoms with Gasteiger partial charge in [0.1, 0.15) is 0 Å². The lowest BCUT2D eigenvalue weighted by atomic mass is 10.2. The van der Waals surface area contributed by atoms with E-state index in [-0.39, 0.29) is 11.4 Å². The molecular formula is C18H19Cl2N3O4. The molecule has 27 heavy (non-hydrogen) atoms. The van der Waals surface area contributed by atoms with Crippen molar-refractivity contribution >= 4 is 40.8 Å². The van der Waals surface area contributed by atoms with Gasteiger partial charge in [-0.1, -0.05) is 30.1 Å². The molecule has 2 rings (SSSR count). The second-order valence-corrected chi connectivity index (χ2v) is 6.22. The predicted molar refractivity (Wildman–Crippen MR) is 108 cm³/mol. The minimum absolute atomic E-state index is 0.123. The maximum Gasteiger partial charge on any atom is 0.315 e. The van der Waals surface area contributed by atoms with Gasteiger partial charge in [-0.25, -0.2) is 0 Å². The highest BCUT2D eigenvalue weighted by Crippen LogP contribution is 2.38. The molecule has 0 spiro atoms. The van der Waals surface area contributed by atoms with Crippen LogP contribution >= 0.6 is 23.2 Å². The van der Waals surface area contributed by atoms with E-state index in [0.29, 0.717) is 40.3 Å². The first-order valence-corrected chi connectivity index (χ1v) is 9.04. The Morgan fingerprint density at radius 3 is 2.59 bits per heavy atom. The molecule has 0 unspecified atom stereocenters. The fourth-order valence-electron chi connectivity index (χ4n) is 2.18. The molecular weight excluding hydrogens is 393 g/mol. The van der Waals surface area contributed by atoms with Crippen molar-refractivity contribution in [2.75, 3.05) is 18.6 Å². The molecule has 0 amide bonds. The molecule has 0 saturated heterocycles. The molecule has 0 saturated carbocycles. The highest BCUT2D eigenvalue weighted by Gasteiger charge is 2.22. The summed E-state index contributed by atoms with van der Waals surface area (Å²) in [6, 6.07) is 7.99. The molecule has 0 aliphatic heterocycles. The summed E-state index contributed by atoms with van der Waals surface area (Å²) < 4.78 is 11.0. The average molecular weight is 412 g/mol. The zero-order valence-corrected chi connectivity index (χ0v) is 16.4. The summed E-state index contributed by atoms with van der Waals surface area (Å²) in [5.41, 5.74) is 3.73. The first-order chi connectivity index (χ1) is 13.0. The Kier molecular flexibility index (Phi) is 7.69. The zero-order chi connectivity index (χ0) is 19.8. The lowest BCUT2D eigenvalue weighted by molar-refractivity contribution is -0.386. The second-order valence-electron chi connectivity index (χ2n) is 5.40. The molecule has 2 aromatic carbocycles. The number of nitro benzene ring substituents is 1. The van der Waals surface area contributed by atoms with Crippen molar-refractivity contribution in [3.63, 3.8) is 0 Å². The van der Waals surface area contributed by atoms with Crippen molar-refractivity contribution in [1.29, 1.82) is 0 Å². The predicted octanol–water partition coefficient (Wildman–Crippen LogP) is 5.54. The van der Waals surface area contributed by atoms with Crippen molar-refractivity contribution in [3.05, 3.63) is 56.1 Å². The van der Waals surface area contributed by atoms with Gasteiger partial charge in [-0.3, -0.25) is 15.5 Å². The Morgan fingerprint density at radius 2 is 1.96 bits per heavy atom. The highest BCUT2D eigenvalue weighted by molar-refractivity contribution is 6.42. The van der Waals surface area contributed by atoms with E-state index in [0.717, 1.165) is 6.42 Å². The number of hydrazone groups is 1. The van der Waals surface area contributed by atoms with Crippen LogP contribution in [0.4, 0.5) is 11.4 Å². The fraction of sp³-hybridized carbons (Fsp3) is 0.278. The zero-order valence-electron chi connectivity index (χ0n) is 14.9. The van der Waals surface area contributed by atoms with E-state index in [1.165, 1.54) is 12.3 Å². The van der Waals surface area contributed by atoms with Gasteiger partial charge in [-0.05, 0) is 37.6 Å². The van der Waals surface area contributed by atoms with Crippen LogP contribution in [0, 0.1) is 10.1 Å². The Labute approximate surface area is 167 Å². The van der Waals surface area contributed by atoms with Crippen molar-refractivity contribution in [2.24, 2.45) is 5.10 Å². The molecule has 0 fully saturated rings. The van der Waals surface area contributed by atoms with E-state index < -0.39 is 4.92 Å².